The second kappa shape index (κ2) is 8.00. The molecule has 0 spiro atoms. The second-order valence-electron chi connectivity index (χ2n) is 8.35. The maximum atomic E-state index is 11.4. The number of phenolic OH excluding ortho intramolecular Hbond substituents is 1. The lowest BCUT2D eigenvalue weighted by molar-refractivity contribution is 0.133. The zero-order chi connectivity index (χ0) is 21.5. The molecule has 3 aromatic rings. The molecule has 0 radical (unpaired) electrons. The van der Waals surface area contributed by atoms with Crippen molar-refractivity contribution in [3.8, 4) is 17.0 Å². The summed E-state index contributed by atoms with van der Waals surface area (Å²) >= 11 is 3.54. The van der Waals surface area contributed by atoms with Crippen LogP contribution in [-0.4, -0.2) is 50.5 Å². The molecule has 8 heteroatoms. The Kier molecular flexibility index (Phi) is 5.17. The number of piperidine rings is 1. The third-order valence-corrected chi connectivity index (χ3v) is 6.59. The van der Waals surface area contributed by atoms with E-state index in [1.807, 2.05) is 30.3 Å². The van der Waals surface area contributed by atoms with Crippen LogP contribution in [0.3, 0.4) is 0 Å². The fraction of sp³-hybridized carbons (Fsp3) is 0.348. The van der Waals surface area contributed by atoms with Gasteiger partial charge >= 0.3 is 6.09 Å². The van der Waals surface area contributed by atoms with Crippen LogP contribution in [0.5, 0.6) is 5.75 Å². The molecule has 31 heavy (non-hydrogen) atoms. The number of carbonyl (C=O) groups is 1. The Morgan fingerprint density at radius 2 is 1.94 bits per heavy atom. The highest BCUT2D eigenvalue weighted by molar-refractivity contribution is 9.10. The molecular weight excluding hydrogens is 460 g/mol. The van der Waals surface area contributed by atoms with Crippen LogP contribution in [0.2, 0.25) is 0 Å². The summed E-state index contributed by atoms with van der Waals surface area (Å²) in [5.74, 6) is 1.39. The molecule has 0 unspecified atom stereocenters. The summed E-state index contributed by atoms with van der Waals surface area (Å²) < 4.78 is 0.908. The van der Waals surface area contributed by atoms with Gasteiger partial charge in [-0.1, -0.05) is 28.1 Å². The van der Waals surface area contributed by atoms with Gasteiger partial charge in [-0.2, -0.15) is 0 Å². The first kappa shape index (κ1) is 20.1. The lowest BCUT2D eigenvalue weighted by Gasteiger charge is -2.31. The number of phenols is 1. The smallest absolute Gasteiger partial charge is 0.407 e. The largest absolute Gasteiger partial charge is 0.507 e. The van der Waals surface area contributed by atoms with Gasteiger partial charge in [0.2, 0.25) is 0 Å². The van der Waals surface area contributed by atoms with Crippen LogP contribution >= 0.6 is 15.9 Å². The molecule has 2 aromatic carbocycles. The Bertz CT molecular complexity index is 1170. The van der Waals surface area contributed by atoms with Crippen LogP contribution in [0, 0.1) is 0 Å². The summed E-state index contributed by atoms with van der Waals surface area (Å²) in [5, 5.41) is 34.1. The number of hydrogen-bond donors (Lipinski definition) is 3. The minimum atomic E-state index is -0.898. The number of halogens is 1. The van der Waals surface area contributed by atoms with E-state index in [4.69, 9.17) is 0 Å². The monoisotopic (exact) mass is 482 g/mol. The van der Waals surface area contributed by atoms with Crippen molar-refractivity contribution in [1.29, 1.82) is 0 Å². The minimum absolute atomic E-state index is 0.0293. The van der Waals surface area contributed by atoms with Gasteiger partial charge in [-0.3, -0.25) is 0 Å². The van der Waals surface area contributed by atoms with Crippen molar-refractivity contribution >= 4 is 38.6 Å². The molecule has 1 atom stereocenters. The maximum Gasteiger partial charge on any atom is 0.407 e. The number of amides is 1. The van der Waals surface area contributed by atoms with Gasteiger partial charge in [0.05, 0.1) is 0 Å². The number of hydrogen-bond acceptors (Lipinski definition) is 5. The molecule has 2 aliphatic rings. The van der Waals surface area contributed by atoms with Gasteiger partial charge in [0, 0.05) is 39.9 Å². The average molecular weight is 483 g/mol. The molecule has 3 N–H and O–H groups in total. The van der Waals surface area contributed by atoms with Crippen LogP contribution in [0.1, 0.15) is 37.2 Å². The number of benzene rings is 2. The highest BCUT2D eigenvalue weighted by Crippen LogP contribution is 2.43. The molecular formula is C23H23BrN4O3. The van der Waals surface area contributed by atoms with E-state index in [1.54, 1.807) is 0 Å². The molecule has 0 bridgehead atoms. The van der Waals surface area contributed by atoms with Gasteiger partial charge in [0.1, 0.15) is 11.4 Å². The molecule has 2 fully saturated rings. The van der Waals surface area contributed by atoms with Crippen molar-refractivity contribution in [1.82, 2.24) is 15.1 Å². The van der Waals surface area contributed by atoms with Gasteiger partial charge < -0.3 is 20.4 Å². The quantitative estimate of drug-likeness (QED) is 0.472. The Balaban J connectivity index is 1.52. The Labute approximate surface area is 188 Å². The van der Waals surface area contributed by atoms with Gasteiger partial charge in [-0.05, 0) is 61.4 Å². The number of likely N-dealkylation sites (tertiary alicyclic amines) is 1. The molecule has 1 saturated carbocycles. The zero-order valence-electron chi connectivity index (χ0n) is 16.9. The van der Waals surface area contributed by atoms with E-state index in [1.165, 1.54) is 23.3 Å². The third-order valence-electron chi connectivity index (χ3n) is 6.10. The predicted octanol–water partition coefficient (Wildman–Crippen LogP) is 5.20. The van der Waals surface area contributed by atoms with Crippen molar-refractivity contribution in [2.75, 3.05) is 18.4 Å². The van der Waals surface area contributed by atoms with Crippen molar-refractivity contribution in [2.24, 2.45) is 0 Å². The number of nitrogens with zero attached hydrogens (tertiary/aromatic N) is 3. The molecule has 1 aliphatic heterocycles. The number of rotatable bonds is 4. The van der Waals surface area contributed by atoms with E-state index < -0.39 is 6.09 Å². The predicted molar refractivity (Wildman–Crippen MR) is 123 cm³/mol. The Hall–Kier alpha value is -2.87. The number of fused-ring (bicyclic) bond motifs is 1. The summed E-state index contributed by atoms with van der Waals surface area (Å²) in [7, 11) is 0. The fourth-order valence-electron chi connectivity index (χ4n) is 4.31. The first-order valence-electron chi connectivity index (χ1n) is 10.5. The highest BCUT2D eigenvalue weighted by Gasteiger charge is 2.26. The molecule has 1 aromatic heterocycles. The van der Waals surface area contributed by atoms with Crippen LogP contribution < -0.4 is 5.32 Å². The Morgan fingerprint density at radius 1 is 1.10 bits per heavy atom. The number of anilines is 1. The molecule has 1 amide bonds. The molecule has 1 saturated heterocycles. The van der Waals surface area contributed by atoms with E-state index in [2.05, 4.69) is 37.5 Å². The third kappa shape index (κ3) is 4.04. The summed E-state index contributed by atoms with van der Waals surface area (Å²) in [6, 6.07) is 11.7. The van der Waals surface area contributed by atoms with Crippen LogP contribution in [0.15, 0.2) is 40.9 Å². The first-order valence-corrected chi connectivity index (χ1v) is 11.3. The summed E-state index contributed by atoms with van der Waals surface area (Å²) in [6.07, 6.45) is 3.13. The standard InChI is InChI=1S/C23H23BrN4O3/c24-15-6-8-17-19(11-15)22(25-16-2-1-9-28(12-16)23(30)31)27-26-21(17)18-7-5-14(10-20(18)29)13-3-4-13/h5-8,10-11,13,16,29H,1-4,9,12H2,(H,25,27)(H,30,31)/t16-/m1/s1. The summed E-state index contributed by atoms with van der Waals surface area (Å²) in [5.41, 5.74) is 2.45. The molecule has 7 nitrogen and oxygen atoms in total. The number of nitrogens with one attached hydrogen (secondary N) is 1. The number of carboxylic acid groups (broad SMARTS) is 1. The lowest BCUT2D eigenvalue weighted by Crippen LogP contribution is -2.44. The SMILES string of the molecule is O=C(O)N1CCC[C@@H](Nc2nnc(-c3ccc(C4CC4)cc3O)c3ccc(Br)cc23)C1. The average Bonchev–Trinajstić information content (AvgIpc) is 3.60. The van der Waals surface area contributed by atoms with Gasteiger partial charge in [-0.25, -0.2) is 4.79 Å². The van der Waals surface area contributed by atoms with E-state index in [-0.39, 0.29) is 11.8 Å². The fourth-order valence-corrected chi connectivity index (χ4v) is 4.67. The van der Waals surface area contributed by atoms with Gasteiger partial charge in [0.15, 0.2) is 5.82 Å². The van der Waals surface area contributed by atoms with E-state index >= 15 is 0 Å². The second-order valence-corrected chi connectivity index (χ2v) is 9.27. The van der Waals surface area contributed by atoms with Crippen molar-refractivity contribution < 1.29 is 15.0 Å². The maximum absolute atomic E-state index is 11.4. The van der Waals surface area contributed by atoms with Gasteiger partial charge in [-0.15, -0.1) is 10.2 Å². The number of aromatic hydroxyl groups is 1. The topological polar surface area (TPSA) is 98.6 Å². The van der Waals surface area contributed by atoms with Crippen LogP contribution in [-0.2, 0) is 0 Å². The van der Waals surface area contributed by atoms with Crippen LogP contribution in [0.4, 0.5) is 10.6 Å². The first-order chi connectivity index (χ1) is 15.0. The van der Waals surface area contributed by atoms with Crippen molar-refractivity contribution in [3.63, 3.8) is 0 Å². The molecule has 160 valence electrons. The zero-order valence-corrected chi connectivity index (χ0v) is 18.5. The Morgan fingerprint density at radius 3 is 2.68 bits per heavy atom. The van der Waals surface area contributed by atoms with E-state index in [0.717, 1.165) is 28.1 Å². The summed E-state index contributed by atoms with van der Waals surface area (Å²) in [4.78, 5) is 12.8. The van der Waals surface area contributed by atoms with E-state index in [0.29, 0.717) is 36.1 Å². The van der Waals surface area contributed by atoms with Gasteiger partial charge in [0.25, 0.3) is 0 Å². The number of aromatic nitrogens is 2. The lowest BCUT2D eigenvalue weighted by atomic mass is 10.0. The summed E-state index contributed by atoms with van der Waals surface area (Å²) in [6.45, 7) is 0.970. The van der Waals surface area contributed by atoms with Crippen molar-refractivity contribution in [2.45, 2.75) is 37.6 Å². The minimum Gasteiger partial charge on any atom is -0.507 e. The van der Waals surface area contributed by atoms with Crippen molar-refractivity contribution in [3.05, 3.63) is 46.4 Å². The van der Waals surface area contributed by atoms with Crippen LogP contribution in [0.25, 0.3) is 22.0 Å². The molecule has 2 heterocycles. The highest BCUT2D eigenvalue weighted by atomic mass is 79.9. The van der Waals surface area contributed by atoms with E-state index in [9.17, 15) is 15.0 Å². The normalized spacial score (nSPS) is 18.9. The molecule has 5 rings (SSSR count). The molecule has 1 aliphatic carbocycles.